The van der Waals surface area contributed by atoms with Crippen LogP contribution in [0.1, 0.15) is 16.1 Å². The first kappa shape index (κ1) is 16.5. The quantitative estimate of drug-likeness (QED) is 0.843. The fourth-order valence-corrected chi connectivity index (χ4v) is 2.91. The molecule has 6 heteroatoms. The molecule has 128 valence electrons. The average molecular weight is 329 g/mol. The minimum atomic E-state index is 0.0428. The molecule has 1 aromatic carbocycles. The van der Waals surface area contributed by atoms with Crippen molar-refractivity contribution in [1.29, 1.82) is 0 Å². The lowest BCUT2D eigenvalue weighted by Gasteiger charge is -2.34. The number of aliphatic hydroxyl groups excluding tert-OH is 1. The van der Waals surface area contributed by atoms with Crippen LogP contribution in [0.4, 0.5) is 5.69 Å². The molecule has 1 amide bonds. The molecule has 0 spiro atoms. The summed E-state index contributed by atoms with van der Waals surface area (Å²) in [7, 11) is 0. The number of para-hydroxylation sites is 1. The summed E-state index contributed by atoms with van der Waals surface area (Å²) in [5.74, 6) is 0.871. The van der Waals surface area contributed by atoms with Crippen LogP contribution < -0.4 is 5.32 Å². The molecule has 6 nitrogen and oxygen atoms in total. The van der Waals surface area contributed by atoms with E-state index in [0.717, 1.165) is 24.5 Å². The number of β-amino-alcohol motifs (C(OH)–C–C–N with tert-alkyl or cyclic N) is 1. The second-order valence-electron chi connectivity index (χ2n) is 5.84. The number of carbonyl (C=O) groups excluding carboxylic acids is 1. The lowest BCUT2D eigenvalue weighted by Crippen LogP contribution is -2.49. The van der Waals surface area contributed by atoms with E-state index < -0.39 is 0 Å². The minimum Gasteiger partial charge on any atom is -0.467 e. The molecule has 0 unspecified atom stereocenters. The first-order valence-corrected chi connectivity index (χ1v) is 8.25. The van der Waals surface area contributed by atoms with Gasteiger partial charge in [0.2, 0.25) is 0 Å². The zero-order valence-corrected chi connectivity index (χ0v) is 13.6. The Morgan fingerprint density at radius 1 is 1.12 bits per heavy atom. The zero-order valence-electron chi connectivity index (χ0n) is 13.6. The number of nitrogens with zero attached hydrogens (tertiary/aromatic N) is 2. The second-order valence-corrected chi connectivity index (χ2v) is 5.84. The lowest BCUT2D eigenvalue weighted by atomic mass is 10.1. The molecule has 0 radical (unpaired) electrons. The fourth-order valence-electron chi connectivity index (χ4n) is 2.91. The Hall–Kier alpha value is -2.31. The molecule has 1 aliphatic heterocycles. The van der Waals surface area contributed by atoms with Gasteiger partial charge in [-0.2, -0.15) is 0 Å². The molecular weight excluding hydrogens is 306 g/mol. The number of rotatable bonds is 6. The molecule has 0 bridgehead atoms. The third kappa shape index (κ3) is 3.96. The summed E-state index contributed by atoms with van der Waals surface area (Å²) in [5, 5.41) is 12.3. The number of nitrogens with one attached hydrogen (secondary N) is 1. The number of aliphatic hydroxyl groups is 1. The van der Waals surface area contributed by atoms with Crippen LogP contribution in [0, 0.1) is 0 Å². The predicted molar refractivity (Wildman–Crippen MR) is 91.9 cm³/mol. The van der Waals surface area contributed by atoms with Crippen LogP contribution >= 0.6 is 0 Å². The number of amides is 1. The Bertz CT molecular complexity index is 649. The van der Waals surface area contributed by atoms with E-state index in [1.165, 1.54) is 0 Å². The van der Waals surface area contributed by atoms with E-state index >= 15 is 0 Å². The maximum absolute atomic E-state index is 12.8. The van der Waals surface area contributed by atoms with Gasteiger partial charge in [-0.15, -0.1) is 0 Å². The maximum Gasteiger partial charge on any atom is 0.256 e. The van der Waals surface area contributed by atoms with Gasteiger partial charge >= 0.3 is 0 Å². The monoisotopic (exact) mass is 329 g/mol. The van der Waals surface area contributed by atoms with Gasteiger partial charge in [0.15, 0.2) is 0 Å². The molecule has 3 rings (SSSR count). The Kier molecular flexibility index (Phi) is 5.51. The van der Waals surface area contributed by atoms with Crippen molar-refractivity contribution in [2.75, 3.05) is 44.6 Å². The highest BCUT2D eigenvalue weighted by Gasteiger charge is 2.23. The minimum absolute atomic E-state index is 0.0428. The van der Waals surface area contributed by atoms with Gasteiger partial charge in [0, 0.05) is 38.4 Å². The number of hydrogen-bond acceptors (Lipinski definition) is 5. The third-order valence-electron chi connectivity index (χ3n) is 4.27. The van der Waals surface area contributed by atoms with Gasteiger partial charge in [0.1, 0.15) is 5.76 Å². The summed E-state index contributed by atoms with van der Waals surface area (Å²) in [6.45, 7) is 4.34. The Balaban J connectivity index is 1.64. The molecule has 0 aliphatic carbocycles. The molecule has 2 aromatic rings. The smallest absolute Gasteiger partial charge is 0.256 e. The second kappa shape index (κ2) is 7.99. The summed E-state index contributed by atoms with van der Waals surface area (Å²) in [6.07, 6.45) is 1.64. The SMILES string of the molecule is O=C(c1ccccc1NCc1ccco1)N1CCN(CCO)CC1. The first-order valence-electron chi connectivity index (χ1n) is 8.25. The van der Waals surface area contributed by atoms with Crippen molar-refractivity contribution in [3.8, 4) is 0 Å². The molecular formula is C18H23N3O3. The van der Waals surface area contributed by atoms with Crippen molar-refractivity contribution in [3.63, 3.8) is 0 Å². The van der Waals surface area contributed by atoms with Gasteiger partial charge in [-0.05, 0) is 24.3 Å². The fraction of sp³-hybridized carbons (Fsp3) is 0.389. The van der Waals surface area contributed by atoms with Crippen molar-refractivity contribution in [3.05, 3.63) is 54.0 Å². The van der Waals surface area contributed by atoms with E-state index in [9.17, 15) is 4.79 Å². The molecule has 2 N–H and O–H groups in total. The van der Waals surface area contributed by atoms with Gasteiger partial charge in [0.25, 0.3) is 5.91 Å². The summed E-state index contributed by atoms with van der Waals surface area (Å²) < 4.78 is 5.32. The highest BCUT2D eigenvalue weighted by molar-refractivity contribution is 5.99. The summed E-state index contributed by atoms with van der Waals surface area (Å²) in [4.78, 5) is 16.9. The van der Waals surface area contributed by atoms with Crippen LogP contribution in [-0.4, -0.2) is 60.1 Å². The van der Waals surface area contributed by atoms with Crippen LogP contribution in [0.3, 0.4) is 0 Å². The third-order valence-corrected chi connectivity index (χ3v) is 4.27. The topological polar surface area (TPSA) is 69.0 Å². The van der Waals surface area contributed by atoms with E-state index in [1.54, 1.807) is 6.26 Å². The first-order chi connectivity index (χ1) is 11.8. The Labute approximate surface area is 141 Å². The standard InChI is InChI=1S/C18H23N3O3/c22-12-11-20-7-9-21(10-8-20)18(23)16-5-1-2-6-17(16)19-14-15-4-3-13-24-15/h1-6,13,19,22H,7-12,14H2. The van der Waals surface area contributed by atoms with Crippen molar-refractivity contribution in [2.45, 2.75) is 6.54 Å². The molecule has 1 saturated heterocycles. The Morgan fingerprint density at radius 3 is 2.62 bits per heavy atom. The van der Waals surface area contributed by atoms with Gasteiger partial charge in [0.05, 0.1) is 25.0 Å². The van der Waals surface area contributed by atoms with Crippen molar-refractivity contribution in [1.82, 2.24) is 9.80 Å². The van der Waals surface area contributed by atoms with Crippen LogP contribution in [0.5, 0.6) is 0 Å². The van der Waals surface area contributed by atoms with Gasteiger partial charge in [-0.25, -0.2) is 0 Å². The van der Waals surface area contributed by atoms with Crippen molar-refractivity contribution < 1.29 is 14.3 Å². The normalized spacial score (nSPS) is 15.5. The summed E-state index contributed by atoms with van der Waals surface area (Å²) in [5.41, 5.74) is 1.50. The number of furan rings is 1. The number of anilines is 1. The van der Waals surface area contributed by atoms with Crippen LogP contribution in [-0.2, 0) is 6.54 Å². The zero-order chi connectivity index (χ0) is 16.8. The van der Waals surface area contributed by atoms with E-state index in [1.807, 2.05) is 41.3 Å². The Morgan fingerprint density at radius 2 is 1.92 bits per heavy atom. The van der Waals surface area contributed by atoms with Crippen molar-refractivity contribution >= 4 is 11.6 Å². The number of piperazine rings is 1. The number of hydrogen-bond donors (Lipinski definition) is 2. The summed E-state index contributed by atoms with van der Waals surface area (Å²) in [6, 6.07) is 11.3. The predicted octanol–water partition coefficient (Wildman–Crippen LogP) is 1.64. The summed E-state index contributed by atoms with van der Waals surface area (Å²) >= 11 is 0. The van der Waals surface area contributed by atoms with Crippen LogP contribution in [0.2, 0.25) is 0 Å². The molecule has 1 fully saturated rings. The largest absolute Gasteiger partial charge is 0.467 e. The van der Waals surface area contributed by atoms with Gasteiger partial charge < -0.3 is 19.7 Å². The van der Waals surface area contributed by atoms with Crippen molar-refractivity contribution in [2.24, 2.45) is 0 Å². The van der Waals surface area contributed by atoms with E-state index in [-0.39, 0.29) is 12.5 Å². The highest BCUT2D eigenvalue weighted by Crippen LogP contribution is 2.19. The van der Waals surface area contributed by atoms with Crippen LogP contribution in [0.15, 0.2) is 47.1 Å². The molecule has 1 aliphatic rings. The van der Waals surface area contributed by atoms with Crippen LogP contribution in [0.25, 0.3) is 0 Å². The molecule has 0 saturated carbocycles. The van der Waals surface area contributed by atoms with E-state index in [2.05, 4.69) is 10.2 Å². The maximum atomic E-state index is 12.8. The number of carbonyl (C=O) groups is 1. The highest BCUT2D eigenvalue weighted by atomic mass is 16.3. The van der Waals surface area contributed by atoms with E-state index in [0.29, 0.717) is 31.7 Å². The average Bonchev–Trinajstić information content (AvgIpc) is 3.14. The van der Waals surface area contributed by atoms with Gasteiger partial charge in [-0.3, -0.25) is 9.69 Å². The van der Waals surface area contributed by atoms with E-state index in [4.69, 9.17) is 9.52 Å². The molecule has 1 aromatic heterocycles. The number of benzene rings is 1. The van der Waals surface area contributed by atoms with Gasteiger partial charge in [-0.1, -0.05) is 12.1 Å². The molecule has 24 heavy (non-hydrogen) atoms. The molecule has 2 heterocycles. The lowest BCUT2D eigenvalue weighted by molar-refractivity contribution is 0.0616. The molecule has 0 atom stereocenters.